The van der Waals surface area contributed by atoms with Gasteiger partial charge in [0.25, 0.3) is 0 Å². The molecule has 7 aromatic carbocycles. The van der Waals surface area contributed by atoms with Gasteiger partial charge in [0.2, 0.25) is 0 Å². The van der Waals surface area contributed by atoms with Gasteiger partial charge in [-0.25, -0.2) is 0 Å². The van der Waals surface area contributed by atoms with Crippen LogP contribution in [0.4, 0.5) is 0 Å². The van der Waals surface area contributed by atoms with Gasteiger partial charge in [-0.1, -0.05) is 115 Å². The van der Waals surface area contributed by atoms with Crippen LogP contribution in [0.5, 0.6) is 0 Å². The van der Waals surface area contributed by atoms with Crippen molar-refractivity contribution in [3.8, 4) is 5.69 Å². The molecule has 4 heterocycles. The molecule has 2 atom stereocenters. The summed E-state index contributed by atoms with van der Waals surface area (Å²) >= 11 is 0. The van der Waals surface area contributed by atoms with Crippen molar-refractivity contribution in [3.05, 3.63) is 175 Å². The summed E-state index contributed by atoms with van der Waals surface area (Å²) in [4.78, 5) is 0. The third-order valence-electron chi connectivity index (χ3n) is 10.6. The molecule has 51 heavy (non-hydrogen) atoms. The van der Waals surface area contributed by atoms with Crippen LogP contribution in [-0.4, -0.2) is 9.13 Å². The molecular formula is C45H33N5O. The van der Waals surface area contributed by atoms with Gasteiger partial charge in [-0.3, -0.25) is 16.0 Å². The van der Waals surface area contributed by atoms with Crippen molar-refractivity contribution in [2.45, 2.75) is 18.6 Å². The summed E-state index contributed by atoms with van der Waals surface area (Å²) in [5, 5.41) is 18.7. The summed E-state index contributed by atoms with van der Waals surface area (Å²) < 4.78 is 11.6. The molecular weight excluding hydrogens is 627 g/mol. The molecule has 3 N–H and O–H groups in total. The molecule has 11 rings (SSSR count). The van der Waals surface area contributed by atoms with Crippen molar-refractivity contribution in [3.63, 3.8) is 0 Å². The molecule has 0 amide bonds. The van der Waals surface area contributed by atoms with Crippen molar-refractivity contribution in [1.82, 2.24) is 25.1 Å². The lowest BCUT2D eigenvalue weighted by Crippen LogP contribution is -2.56. The fraction of sp³-hybridized carbons (Fsp3) is 0.0667. The van der Waals surface area contributed by atoms with Crippen LogP contribution in [0.15, 0.2) is 168 Å². The molecule has 0 radical (unpaired) electrons. The lowest BCUT2D eigenvalue weighted by Gasteiger charge is -2.40. The number of furan rings is 1. The van der Waals surface area contributed by atoms with Crippen LogP contribution < -0.4 is 16.0 Å². The fourth-order valence-electron chi connectivity index (χ4n) is 8.36. The van der Waals surface area contributed by atoms with E-state index in [1.807, 2.05) is 6.07 Å². The minimum Gasteiger partial charge on any atom is -0.455 e. The average Bonchev–Trinajstić information content (AvgIpc) is 3.85. The van der Waals surface area contributed by atoms with E-state index in [2.05, 4.69) is 183 Å². The predicted octanol–water partition coefficient (Wildman–Crippen LogP) is 10.4. The average molecular weight is 660 g/mol. The summed E-state index contributed by atoms with van der Waals surface area (Å²) in [5.41, 5.74) is 9.88. The van der Waals surface area contributed by atoms with E-state index in [1.54, 1.807) is 0 Å². The van der Waals surface area contributed by atoms with Gasteiger partial charge in [-0.05, 0) is 59.7 Å². The number of para-hydroxylation sites is 3. The highest BCUT2D eigenvalue weighted by Gasteiger charge is 2.32. The molecule has 0 aliphatic carbocycles. The second-order valence-corrected chi connectivity index (χ2v) is 13.5. The van der Waals surface area contributed by atoms with Gasteiger partial charge in [0, 0.05) is 32.6 Å². The summed E-state index contributed by atoms with van der Waals surface area (Å²) in [7, 11) is 0. The highest BCUT2D eigenvalue weighted by atomic mass is 16.3. The molecule has 10 aromatic rings. The third kappa shape index (κ3) is 4.34. The molecule has 1 fully saturated rings. The Balaban J connectivity index is 1.24. The highest BCUT2D eigenvalue weighted by Crippen LogP contribution is 2.44. The zero-order valence-electron chi connectivity index (χ0n) is 27.6. The Morgan fingerprint density at radius 2 is 1.04 bits per heavy atom. The maximum atomic E-state index is 6.77. The molecule has 0 saturated carbocycles. The van der Waals surface area contributed by atoms with Crippen LogP contribution in [0.25, 0.3) is 71.2 Å². The van der Waals surface area contributed by atoms with Gasteiger partial charge >= 0.3 is 0 Å². The molecule has 0 bridgehead atoms. The quantitative estimate of drug-likeness (QED) is 0.176. The van der Waals surface area contributed by atoms with Crippen LogP contribution in [-0.2, 0) is 0 Å². The summed E-state index contributed by atoms with van der Waals surface area (Å²) in [5.74, 6) is 0. The van der Waals surface area contributed by atoms with E-state index in [1.165, 1.54) is 27.4 Å². The summed E-state index contributed by atoms with van der Waals surface area (Å²) in [6.07, 6.45) is -0.467. The van der Waals surface area contributed by atoms with Gasteiger partial charge in [-0.15, -0.1) is 0 Å². The van der Waals surface area contributed by atoms with E-state index in [4.69, 9.17) is 4.42 Å². The van der Waals surface area contributed by atoms with Gasteiger partial charge in [-0.2, -0.15) is 0 Å². The molecule has 2 unspecified atom stereocenters. The third-order valence-corrected chi connectivity index (χ3v) is 10.6. The van der Waals surface area contributed by atoms with Crippen LogP contribution in [0.3, 0.4) is 0 Å². The van der Waals surface area contributed by atoms with E-state index in [0.29, 0.717) is 0 Å². The highest BCUT2D eigenvalue weighted by molar-refractivity contribution is 6.26. The fourth-order valence-corrected chi connectivity index (χ4v) is 8.36. The van der Waals surface area contributed by atoms with Crippen molar-refractivity contribution in [2.24, 2.45) is 0 Å². The Labute approximate surface area is 293 Å². The largest absolute Gasteiger partial charge is 0.455 e. The second-order valence-electron chi connectivity index (χ2n) is 13.5. The number of benzene rings is 7. The normalized spacial score (nSPS) is 18.2. The van der Waals surface area contributed by atoms with Crippen molar-refractivity contribution in [2.75, 3.05) is 0 Å². The van der Waals surface area contributed by atoms with E-state index in [9.17, 15) is 0 Å². The standard InChI is InChI=1S/C45H33N5O/c1-4-14-28(15-5-1)43-46-44(29-16-6-2-7-17-29)48-45(47-43)50-37-25-24-33-32-21-11-13-23-40(32)51-42(33)41(37)35-27-38-34(26-39(35)50)31-20-10-12-22-36(31)49(38)30-18-8-3-9-19-30/h1-27,43-48H. The van der Waals surface area contributed by atoms with E-state index >= 15 is 0 Å². The Hall–Kier alpha value is -6.18. The minimum absolute atomic E-state index is 0.103. The van der Waals surface area contributed by atoms with Gasteiger partial charge in [0.1, 0.15) is 17.5 Å². The number of rotatable bonds is 4. The number of hydrogen-bond acceptors (Lipinski definition) is 4. The Morgan fingerprint density at radius 1 is 0.431 bits per heavy atom. The molecule has 3 aromatic heterocycles. The smallest absolute Gasteiger partial charge is 0.145 e. The maximum absolute atomic E-state index is 6.77. The van der Waals surface area contributed by atoms with E-state index in [0.717, 1.165) is 54.9 Å². The first kappa shape index (κ1) is 28.6. The number of nitrogens with one attached hydrogen (secondary N) is 3. The van der Waals surface area contributed by atoms with E-state index < -0.39 is 0 Å². The van der Waals surface area contributed by atoms with Crippen LogP contribution >= 0.6 is 0 Å². The first-order valence-corrected chi connectivity index (χ1v) is 17.5. The number of hydrogen-bond donors (Lipinski definition) is 3. The topological polar surface area (TPSA) is 59.1 Å². The minimum atomic E-state index is -0.261. The van der Waals surface area contributed by atoms with Crippen molar-refractivity contribution >= 4 is 65.6 Å². The van der Waals surface area contributed by atoms with E-state index in [-0.39, 0.29) is 18.6 Å². The molecule has 6 heteroatoms. The predicted molar refractivity (Wildman–Crippen MR) is 208 cm³/mol. The maximum Gasteiger partial charge on any atom is 0.145 e. The number of fused-ring (bicyclic) bond motifs is 10. The molecule has 0 spiro atoms. The SMILES string of the molecule is c1ccc(C2NC(c3ccccc3)NC(n3c4cc5c6ccccc6n(-c6ccccc6)c5cc4c4c5oc6ccccc6c5ccc43)N2)cc1. The molecule has 6 nitrogen and oxygen atoms in total. The molecule has 1 saturated heterocycles. The van der Waals surface area contributed by atoms with Crippen molar-refractivity contribution < 1.29 is 4.42 Å². The molecule has 1 aliphatic heterocycles. The zero-order chi connectivity index (χ0) is 33.5. The van der Waals surface area contributed by atoms with Crippen LogP contribution in [0.1, 0.15) is 29.7 Å². The first-order chi connectivity index (χ1) is 25.3. The summed E-state index contributed by atoms with van der Waals surface area (Å²) in [6, 6.07) is 58.3. The molecule has 244 valence electrons. The Kier molecular flexibility index (Phi) is 6.27. The van der Waals surface area contributed by atoms with Crippen LogP contribution in [0, 0.1) is 0 Å². The molecule has 1 aliphatic rings. The summed E-state index contributed by atoms with van der Waals surface area (Å²) in [6.45, 7) is 0. The lowest BCUT2D eigenvalue weighted by molar-refractivity contribution is 0.161. The lowest BCUT2D eigenvalue weighted by atomic mass is 10.1. The number of aromatic nitrogens is 2. The monoisotopic (exact) mass is 659 g/mol. The van der Waals surface area contributed by atoms with Crippen molar-refractivity contribution in [1.29, 1.82) is 0 Å². The first-order valence-electron chi connectivity index (χ1n) is 17.5. The van der Waals surface area contributed by atoms with Gasteiger partial charge in [0.05, 0.1) is 39.8 Å². The Bertz CT molecular complexity index is 2860. The second kappa shape index (κ2) is 11.2. The number of nitrogens with zero attached hydrogens (tertiary/aromatic N) is 2. The van der Waals surface area contributed by atoms with Gasteiger partial charge < -0.3 is 13.6 Å². The Morgan fingerprint density at radius 3 is 1.76 bits per heavy atom. The van der Waals surface area contributed by atoms with Gasteiger partial charge in [0.15, 0.2) is 0 Å². The van der Waals surface area contributed by atoms with Crippen LogP contribution in [0.2, 0.25) is 0 Å². The zero-order valence-corrected chi connectivity index (χ0v) is 27.6.